The van der Waals surface area contributed by atoms with Crippen LogP contribution in [0.5, 0.6) is 0 Å². The molecule has 0 aliphatic carbocycles. The van der Waals surface area contributed by atoms with E-state index in [1.54, 1.807) is 13.8 Å². The minimum absolute atomic E-state index is 0.0336. The number of amides is 1. The molecule has 2 N–H and O–H groups in total. The summed E-state index contributed by atoms with van der Waals surface area (Å²) in [5.74, 6) is -0.0336. The van der Waals surface area contributed by atoms with Gasteiger partial charge in [0.1, 0.15) is 0 Å². The summed E-state index contributed by atoms with van der Waals surface area (Å²) in [6.07, 6.45) is 0.0303. The fourth-order valence-electron chi connectivity index (χ4n) is 1.71. The number of nitrogens with zero attached hydrogens (tertiary/aromatic N) is 2. The highest BCUT2D eigenvalue weighted by molar-refractivity contribution is 5.87. The molecular weight excluding hydrogens is 194 g/mol. The Morgan fingerprint density at radius 1 is 1.53 bits per heavy atom. The van der Waals surface area contributed by atoms with Gasteiger partial charge in [-0.05, 0) is 40.9 Å². The lowest BCUT2D eigenvalue weighted by molar-refractivity contribution is -0.135. The van der Waals surface area contributed by atoms with Gasteiger partial charge in [-0.3, -0.25) is 10.1 Å². The van der Waals surface area contributed by atoms with Gasteiger partial charge < -0.3 is 14.9 Å². The van der Waals surface area contributed by atoms with Crippen LogP contribution in [0.15, 0.2) is 0 Å². The standard InChI is InChI=1S/C10H21N3O2/c1-10(2)8(14)13(9(15)11-10)7-5-6-12(3)4/h9,11,15H,5-7H2,1-4H3. The Balaban J connectivity index is 2.45. The topological polar surface area (TPSA) is 55.8 Å². The van der Waals surface area contributed by atoms with Gasteiger partial charge in [-0.15, -0.1) is 0 Å². The van der Waals surface area contributed by atoms with Crippen LogP contribution in [0.3, 0.4) is 0 Å². The van der Waals surface area contributed by atoms with Crippen LogP contribution in [0.1, 0.15) is 20.3 Å². The molecule has 0 saturated carbocycles. The zero-order chi connectivity index (χ0) is 11.6. The van der Waals surface area contributed by atoms with Gasteiger partial charge in [0.25, 0.3) is 0 Å². The third-order valence-corrected chi connectivity index (χ3v) is 2.59. The lowest BCUT2D eigenvalue weighted by Gasteiger charge is -2.20. The van der Waals surface area contributed by atoms with E-state index in [-0.39, 0.29) is 5.91 Å². The van der Waals surface area contributed by atoms with Crippen LogP contribution in [0.4, 0.5) is 0 Å². The van der Waals surface area contributed by atoms with E-state index < -0.39 is 11.9 Å². The highest BCUT2D eigenvalue weighted by atomic mass is 16.3. The number of hydrogen-bond donors (Lipinski definition) is 2. The van der Waals surface area contributed by atoms with Crippen LogP contribution in [0, 0.1) is 0 Å². The van der Waals surface area contributed by atoms with E-state index in [1.165, 1.54) is 4.90 Å². The predicted molar refractivity (Wildman–Crippen MR) is 58.1 cm³/mol. The summed E-state index contributed by atoms with van der Waals surface area (Å²) >= 11 is 0. The van der Waals surface area contributed by atoms with Crippen LogP contribution >= 0.6 is 0 Å². The Hall–Kier alpha value is -0.650. The zero-order valence-electron chi connectivity index (χ0n) is 9.95. The number of nitrogens with one attached hydrogen (secondary N) is 1. The molecule has 0 aromatic carbocycles. The first-order valence-electron chi connectivity index (χ1n) is 5.26. The van der Waals surface area contributed by atoms with E-state index >= 15 is 0 Å². The van der Waals surface area contributed by atoms with Gasteiger partial charge in [0.05, 0.1) is 5.54 Å². The Labute approximate surface area is 91.0 Å². The molecule has 0 spiro atoms. The second kappa shape index (κ2) is 4.47. The van der Waals surface area contributed by atoms with Gasteiger partial charge in [-0.1, -0.05) is 0 Å². The normalized spacial score (nSPS) is 25.3. The maximum atomic E-state index is 11.8. The van der Waals surface area contributed by atoms with Gasteiger partial charge in [0.15, 0.2) is 6.35 Å². The van der Waals surface area contributed by atoms with Crippen molar-refractivity contribution < 1.29 is 9.90 Å². The number of carbonyl (C=O) groups is 1. The number of carbonyl (C=O) groups excluding carboxylic acids is 1. The largest absolute Gasteiger partial charge is 0.361 e. The second-order valence-corrected chi connectivity index (χ2v) is 4.80. The molecule has 5 heteroatoms. The first-order valence-corrected chi connectivity index (χ1v) is 5.26. The molecular formula is C10H21N3O2. The molecule has 1 amide bonds. The van der Waals surface area contributed by atoms with Crippen LogP contribution in [0.25, 0.3) is 0 Å². The van der Waals surface area contributed by atoms with Crippen LogP contribution in [-0.4, -0.2) is 59.9 Å². The van der Waals surface area contributed by atoms with Crippen LogP contribution < -0.4 is 5.32 Å². The fourth-order valence-corrected chi connectivity index (χ4v) is 1.71. The quantitative estimate of drug-likeness (QED) is 0.659. The number of aliphatic hydroxyl groups excluding tert-OH is 1. The summed E-state index contributed by atoms with van der Waals surface area (Å²) in [6, 6.07) is 0. The molecule has 1 aliphatic heterocycles. The monoisotopic (exact) mass is 215 g/mol. The Morgan fingerprint density at radius 3 is 2.53 bits per heavy atom. The van der Waals surface area contributed by atoms with E-state index in [2.05, 4.69) is 10.2 Å². The molecule has 1 rings (SSSR count). The number of aliphatic hydroxyl groups is 1. The summed E-state index contributed by atoms with van der Waals surface area (Å²) in [7, 11) is 3.98. The van der Waals surface area contributed by atoms with Crippen molar-refractivity contribution >= 4 is 5.91 Å². The first kappa shape index (κ1) is 12.4. The van der Waals surface area contributed by atoms with Crippen molar-refractivity contribution in [2.45, 2.75) is 32.2 Å². The van der Waals surface area contributed by atoms with Gasteiger partial charge in [-0.2, -0.15) is 0 Å². The van der Waals surface area contributed by atoms with Gasteiger partial charge >= 0.3 is 0 Å². The minimum Gasteiger partial charge on any atom is -0.361 e. The third kappa shape index (κ3) is 2.90. The summed E-state index contributed by atoms with van der Waals surface area (Å²) < 4.78 is 0. The molecule has 1 saturated heterocycles. The minimum atomic E-state index is -0.838. The predicted octanol–water partition coefficient (Wildman–Crippen LogP) is -0.576. The molecule has 0 aromatic rings. The highest BCUT2D eigenvalue weighted by Gasteiger charge is 2.43. The zero-order valence-corrected chi connectivity index (χ0v) is 9.95. The Bertz CT molecular complexity index is 241. The molecule has 1 heterocycles. The Kier molecular flexibility index (Phi) is 3.70. The maximum Gasteiger partial charge on any atom is 0.245 e. The SMILES string of the molecule is CN(C)CCCN1C(=O)C(C)(C)NC1O. The molecule has 0 bridgehead atoms. The lowest BCUT2D eigenvalue weighted by Crippen LogP contribution is -2.41. The van der Waals surface area contributed by atoms with Crippen molar-refractivity contribution in [1.29, 1.82) is 0 Å². The molecule has 5 nitrogen and oxygen atoms in total. The fraction of sp³-hybridized carbons (Fsp3) is 0.900. The van der Waals surface area contributed by atoms with Crippen molar-refractivity contribution in [3.05, 3.63) is 0 Å². The van der Waals surface area contributed by atoms with Crippen molar-refractivity contribution in [1.82, 2.24) is 15.1 Å². The molecule has 88 valence electrons. The Morgan fingerprint density at radius 2 is 2.13 bits per heavy atom. The summed E-state index contributed by atoms with van der Waals surface area (Å²) in [5.41, 5.74) is -0.641. The number of hydrogen-bond acceptors (Lipinski definition) is 4. The van der Waals surface area contributed by atoms with E-state index in [0.717, 1.165) is 13.0 Å². The van der Waals surface area contributed by atoms with E-state index in [9.17, 15) is 9.90 Å². The molecule has 15 heavy (non-hydrogen) atoms. The van der Waals surface area contributed by atoms with Crippen molar-refractivity contribution in [2.24, 2.45) is 0 Å². The smallest absolute Gasteiger partial charge is 0.245 e. The molecule has 1 unspecified atom stereocenters. The average molecular weight is 215 g/mol. The lowest BCUT2D eigenvalue weighted by atomic mass is 10.1. The van der Waals surface area contributed by atoms with Crippen LogP contribution in [0.2, 0.25) is 0 Å². The third-order valence-electron chi connectivity index (χ3n) is 2.59. The highest BCUT2D eigenvalue weighted by Crippen LogP contribution is 2.18. The number of rotatable bonds is 4. The second-order valence-electron chi connectivity index (χ2n) is 4.80. The summed E-state index contributed by atoms with van der Waals surface area (Å²) in [6.45, 7) is 5.07. The van der Waals surface area contributed by atoms with E-state index in [0.29, 0.717) is 6.54 Å². The van der Waals surface area contributed by atoms with Crippen molar-refractivity contribution in [2.75, 3.05) is 27.2 Å². The molecule has 1 fully saturated rings. The van der Waals surface area contributed by atoms with Crippen molar-refractivity contribution in [3.8, 4) is 0 Å². The summed E-state index contributed by atoms with van der Waals surface area (Å²) in [5, 5.41) is 12.5. The molecule has 0 aromatic heterocycles. The van der Waals surface area contributed by atoms with Gasteiger partial charge in [-0.25, -0.2) is 0 Å². The molecule has 1 atom stereocenters. The van der Waals surface area contributed by atoms with Gasteiger partial charge in [0, 0.05) is 6.54 Å². The maximum absolute atomic E-state index is 11.8. The van der Waals surface area contributed by atoms with E-state index in [4.69, 9.17) is 0 Å². The van der Waals surface area contributed by atoms with Gasteiger partial charge in [0.2, 0.25) is 5.91 Å². The average Bonchev–Trinajstić information content (AvgIpc) is 2.26. The molecule has 0 radical (unpaired) electrons. The van der Waals surface area contributed by atoms with Crippen molar-refractivity contribution in [3.63, 3.8) is 0 Å². The summed E-state index contributed by atoms with van der Waals surface area (Å²) in [4.78, 5) is 15.4. The first-order chi connectivity index (χ1) is 6.84. The molecule has 1 aliphatic rings. The van der Waals surface area contributed by atoms with Crippen LogP contribution in [-0.2, 0) is 4.79 Å². The van der Waals surface area contributed by atoms with E-state index in [1.807, 2.05) is 14.1 Å².